The van der Waals surface area contributed by atoms with Gasteiger partial charge in [-0.15, -0.1) is 0 Å². The van der Waals surface area contributed by atoms with Crippen molar-refractivity contribution in [2.75, 3.05) is 20.1 Å². The molecule has 2 nitrogen and oxygen atoms in total. The molecule has 1 aliphatic rings. The van der Waals surface area contributed by atoms with Gasteiger partial charge in [0, 0.05) is 6.54 Å². The maximum absolute atomic E-state index is 10.3. The molecule has 1 unspecified atom stereocenters. The minimum atomic E-state index is -0.346. The molecule has 13 heavy (non-hydrogen) atoms. The van der Waals surface area contributed by atoms with Crippen LogP contribution >= 0.6 is 0 Å². The first kappa shape index (κ1) is 11.0. The molecular formula is C11H23NO. The Morgan fingerprint density at radius 3 is 2.77 bits per heavy atom. The van der Waals surface area contributed by atoms with Crippen LogP contribution in [0.25, 0.3) is 0 Å². The van der Waals surface area contributed by atoms with Gasteiger partial charge in [0.1, 0.15) is 0 Å². The van der Waals surface area contributed by atoms with Crippen LogP contribution in [0, 0.1) is 0 Å². The van der Waals surface area contributed by atoms with Gasteiger partial charge in [0.05, 0.1) is 5.60 Å². The van der Waals surface area contributed by atoms with Crippen LogP contribution in [0.3, 0.4) is 0 Å². The molecule has 0 spiro atoms. The minimum Gasteiger partial charge on any atom is -0.390 e. The maximum atomic E-state index is 10.3. The Kier molecular flexibility index (Phi) is 4.20. The highest BCUT2D eigenvalue weighted by Crippen LogP contribution is 2.26. The summed E-state index contributed by atoms with van der Waals surface area (Å²) in [5.41, 5.74) is -0.346. The predicted octanol–water partition coefficient (Wildman–Crippen LogP) is 2.02. The molecular weight excluding hydrogens is 162 g/mol. The zero-order chi connectivity index (χ0) is 9.73. The van der Waals surface area contributed by atoms with Gasteiger partial charge in [-0.05, 0) is 39.3 Å². The number of aliphatic hydroxyl groups is 1. The minimum absolute atomic E-state index is 0.346. The largest absolute Gasteiger partial charge is 0.390 e. The Bertz CT molecular complexity index is 145. The van der Waals surface area contributed by atoms with Crippen molar-refractivity contribution in [3.63, 3.8) is 0 Å². The van der Waals surface area contributed by atoms with Crippen molar-refractivity contribution >= 4 is 0 Å². The fourth-order valence-corrected chi connectivity index (χ4v) is 2.07. The van der Waals surface area contributed by atoms with Crippen molar-refractivity contribution in [2.45, 2.75) is 51.0 Å². The Morgan fingerprint density at radius 1 is 1.31 bits per heavy atom. The summed E-state index contributed by atoms with van der Waals surface area (Å²) in [6.45, 7) is 4.39. The van der Waals surface area contributed by atoms with E-state index in [0.717, 1.165) is 38.8 Å². The number of unbranched alkanes of at least 4 members (excludes halogenated alkanes) is 1. The van der Waals surface area contributed by atoms with E-state index < -0.39 is 0 Å². The molecule has 1 aliphatic heterocycles. The molecule has 0 aromatic heterocycles. The van der Waals surface area contributed by atoms with E-state index in [2.05, 4.69) is 18.9 Å². The smallest absolute Gasteiger partial charge is 0.0660 e. The summed E-state index contributed by atoms with van der Waals surface area (Å²) in [4.78, 5) is 2.32. The van der Waals surface area contributed by atoms with Gasteiger partial charge in [-0.3, -0.25) is 0 Å². The van der Waals surface area contributed by atoms with Crippen LogP contribution in [0.15, 0.2) is 0 Å². The number of rotatable bonds is 3. The lowest BCUT2D eigenvalue weighted by molar-refractivity contribution is 0.0155. The Balaban J connectivity index is 2.37. The summed E-state index contributed by atoms with van der Waals surface area (Å²) in [5, 5.41) is 10.3. The second-order valence-corrected chi connectivity index (χ2v) is 4.48. The van der Waals surface area contributed by atoms with Crippen molar-refractivity contribution < 1.29 is 5.11 Å². The van der Waals surface area contributed by atoms with Crippen molar-refractivity contribution in [2.24, 2.45) is 0 Å². The van der Waals surface area contributed by atoms with E-state index in [-0.39, 0.29) is 5.60 Å². The lowest BCUT2D eigenvalue weighted by atomic mass is 9.89. The molecule has 0 aromatic rings. The zero-order valence-corrected chi connectivity index (χ0v) is 9.05. The van der Waals surface area contributed by atoms with E-state index >= 15 is 0 Å². The normalized spacial score (nSPS) is 31.6. The summed E-state index contributed by atoms with van der Waals surface area (Å²) in [6, 6.07) is 0. The number of hydrogen-bond acceptors (Lipinski definition) is 2. The summed E-state index contributed by atoms with van der Waals surface area (Å²) >= 11 is 0. The molecule has 0 aromatic carbocycles. The Labute approximate surface area is 81.9 Å². The van der Waals surface area contributed by atoms with Crippen LogP contribution < -0.4 is 0 Å². The van der Waals surface area contributed by atoms with E-state index in [4.69, 9.17) is 0 Å². The molecule has 0 bridgehead atoms. The molecule has 78 valence electrons. The third kappa shape index (κ3) is 3.65. The number of likely N-dealkylation sites (tertiary alicyclic amines) is 1. The Morgan fingerprint density at radius 2 is 2.08 bits per heavy atom. The van der Waals surface area contributed by atoms with E-state index in [1.807, 2.05) is 0 Å². The lowest BCUT2D eigenvalue weighted by Gasteiger charge is -2.26. The first-order chi connectivity index (χ1) is 6.16. The van der Waals surface area contributed by atoms with E-state index in [1.54, 1.807) is 0 Å². The van der Waals surface area contributed by atoms with Gasteiger partial charge in [-0.2, -0.15) is 0 Å². The van der Waals surface area contributed by atoms with Crippen molar-refractivity contribution in [3.05, 3.63) is 0 Å². The average molecular weight is 185 g/mol. The molecule has 0 radical (unpaired) electrons. The molecule has 2 heteroatoms. The van der Waals surface area contributed by atoms with Crippen molar-refractivity contribution in [1.82, 2.24) is 4.90 Å². The Hall–Kier alpha value is -0.0800. The van der Waals surface area contributed by atoms with Gasteiger partial charge in [0.15, 0.2) is 0 Å². The van der Waals surface area contributed by atoms with Crippen LogP contribution in [0.1, 0.15) is 45.4 Å². The molecule has 1 rings (SSSR count). The van der Waals surface area contributed by atoms with Crippen LogP contribution in [0.5, 0.6) is 0 Å². The van der Waals surface area contributed by atoms with Crippen LogP contribution in [0.4, 0.5) is 0 Å². The van der Waals surface area contributed by atoms with Crippen molar-refractivity contribution in [1.29, 1.82) is 0 Å². The first-order valence-electron chi connectivity index (χ1n) is 5.57. The van der Waals surface area contributed by atoms with Crippen LogP contribution in [-0.4, -0.2) is 35.7 Å². The lowest BCUT2D eigenvalue weighted by Crippen LogP contribution is -2.30. The number of nitrogens with zero attached hydrogens (tertiary/aromatic N) is 1. The van der Waals surface area contributed by atoms with Gasteiger partial charge >= 0.3 is 0 Å². The standard InChI is InChI=1S/C11H23NO/c1-3-4-6-11(13)7-5-9-12(2)10-8-11/h13H,3-10H2,1-2H3. The van der Waals surface area contributed by atoms with Crippen LogP contribution in [0.2, 0.25) is 0 Å². The zero-order valence-electron chi connectivity index (χ0n) is 9.05. The van der Waals surface area contributed by atoms with Gasteiger partial charge in [-0.1, -0.05) is 19.8 Å². The van der Waals surface area contributed by atoms with Crippen LogP contribution in [-0.2, 0) is 0 Å². The summed E-state index contributed by atoms with van der Waals surface area (Å²) in [5.74, 6) is 0. The van der Waals surface area contributed by atoms with Crippen molar-refractivity contribution in [3.8, 4) is 0 Å². The number of hydrogen-bond donors (Lipinski definition) is 1. The highest BCUT2D eigenvalue weighted by molar-refractivity contribution is 4.82. The first-order valence-corrected chi connectivity index (χ1v) is 5.57. The monoisotopic (exact) mass is 185 g/mol. The third-order valence-electron chi connectivity index (χ3n) is 3.14. The highest BCUT2D eigenvalue weighted by atomic mass is 16.3. The summed E-state index contributed by atoms with van der Waals surface area (Å²) in [7, 11) is 2.14. The van der Waals surface area contributed by atoms with Gasteiger partial charge in [0.25, 0.3) is 0 Å². The fourth-order valence-electron chi connectivity index (χ4n) is 2.07. The summed E-state index contributed by atoms with van der Waals surface area (Å²) < 4.78 is 0. The predicted molar refractivity (Wildman–Crippen MR) is 55.8 cm³/mol. The molecule has 1 heterocycles. The second-order valence-electron chi connectivity index (χ2n) is 4.48. The fraction of sp³-hybridized carbons (Fsp3) is 1.00. The SMILES string of the molecule is CCCCC1(O)CCCN(C)CC1. The second kappa shape index (κ2) is 4.97. The molecule has 0 saturated carbocycles. The maximum Gasteiger partial charge on any atom is 0.0660 e. The average Bonchev–Trinajstić information content (AvgIpc) is 2.27. The topological polar surface area (TPSA) is 23.5 Å². The molecule has 0 aliphatic carbocycles. The van der Waals surface area contributed by atoms with Gasteiger partial charge in [-0.25, -0.2) is 0 Å². The molecule has 1 N–H and O–H groups in total. The summed E-state index contributed by atoms with van der Waals surface area (Å²) in [6.07, 6.45) is 6.47. The molecule has 0 amide bonds. The third-order valence-corrected chi connectivity index (χ3v) is 3.14. The molecule has 1 saturated heterocycles. The van der Waals surface area contributed by atoms with E-state index in [9.17, 15) is 5.11 Å². The van der Waals surface area contributed by atoms with E-state index in [0.29, 0.717) is 0 Å². The van der Waals surface area contributed by atoms with Gasteiger partial charge < -0.3 is 10.0 Å². The molecule has 1 fully saturated rings. The quantitative estimate of drug-likeness (QED) is 0.727. The van der Waals surface area contributed by atoms with Gasteiger partial charge in [0.2, 0.25) is 0 Å². The highest BCUT2D eigenvalue weighted by Gasteiger charge is 2.28. The molecule has 1 atom stereocenters. The van der Waals surface area contributed by atoms with E-state index in [1.165, 1.54) is 12.8 Å².